The van der Waals surface area contributed by atoms with Crippen LogP contribution in [0.5, 0.6) is 0 Å². The molecule has 110 valence electrons. The molecule has 0 saturated carbocycles. The first-order valence-corrected chi connectivity index (χ1v) is 7.74. The largest absolute Gasteiger partial charge is 0.339 e. The summed E-state index contributed by atoms with van der Waals surface area (Å²) in [7, 11) is 0. The topological polar surface area (TPSA) is 20.3 Å². The van der Waals surface area contributed by atoms with Gasteiger partial charge in [-0.05, 0) is 30.4 Å². The second kappa shape index (κ2) is 6.25. The average molecular weight is 285 g/mol. The lowest BCUT2D eigenvalue weighted by molar-refractivity contribution is 0.0744. The molecule has 1 saturated heterocycles. The van der Waals surface area contributed by atoms with Crippen LogP contribution in [0, 0.1) is 5.82 Å². The first-order chi connectivity index (χ1) is 10.3. The highest BCUT2D eigenvalue weighted by Gasteiger charge is 2.19. The molecule has 21 heavy (non-hydrogen) atoms. The molecule has 0 radical (unpaired) electrons. The second-order valence-corrected chi connectivity index (χ2v) is 5.70. The molecule has 2 nitrogen and oxygen atoms in total. The molecule has 0 aliphatic carbocycles. The monoisotopic (exact) mass is 285 g/mol. The van der Waals surface area contributed by atoms with Gasteiger partial charge in [0.2, 0.25) is 0 Å². The summed E-state index contributed by atoms with van der Waals surface area (Å²) in [5.41, 5.74) is 0.618. The summed E-state index contributed by atoms with van der Waals surface area (Å²) in [6.45, 7) is 1.62. The van der Waals surface area contributed by atoms with E-state index in [2.05, 4.69) is 0 Å². The van der Waals surface area contributed by atoms with Gasteiger partial charge in [0.1, 0.15) is 5.82 Å². The van der Waals surface area contributed by atoms with Gasteiger partial charge in [-0.1, -0.05) is 43.5 Å². The van der Waals surface area contributed by atoms with Crippen molar-refractivity contribution in [3.63, 3.8) is 0 Å². The van der Waals surface area contributed by atoms with Gasteiger partial charge in [0.05, 0.1) is 0 Å². The van der Waals surface area contributed by atoms with Crippen molar-refractivity contribution < 1.29 is 9.18 Å². The van der Waals surface area contributed by atoms with E-state index in [-0.39, 0.29) is 11.7 Å². The standard InChI is InChI=1S/C18H20FNO/c19-17-11-10-16(14-8-4-5-9-15(14)17)18(21)20-12-6-2-1-3-7-13-20/h4-5,8-11H,1-3,6-7,12-13H2. The first-order valence-electron chi connectivity index (χ1n) is 7.74. The number of carbonyl (C=O) groups is 1. The minimum atomic E-state index is -0.269. The zero-order valence-corrected chi connectivity index (χ0v) is 12.1. The van der Waals surface area contributed by atoms with Crippen LogP contribution in [0.25, 0.3) is 10.8 Å². The molecular formula is C18H20FNO. The highest BCUT2D eigenvalue weighted by atomic mass is 19.1. The Bertz CT molecular complexity index is 645. The Morgan fingerprint density at radius 3 is 2.19 bits per heavy atom. The van der Waals surface area contributed by atoms with Crippen LogP contribution >= 0.6 is 0 Å². The number of fused-ring (bicyclic) bond motifs is 1. The Morgan fingerprint density at radius 2 is 1.48 bits per heavy atom. The molecule has 3 heteroatoms. The Hall–Kier alpha value is -1.90. The molecule has 0 aromatic heterocycles. The molecule has 2 aromatic rings. The van der Waals surface area contributed by atoms with Gasteiger partial charge in [0, 0.05) is 24.0 Å². The molecule has 1 heterocycles. The third kappa shape index (κ3) is 2.92. The van der Waals surface area contributed by atoms with Gasteiger partial charge in [-0.3, -0.25) is 4.79 Å². The van der Waals surface area contributed by atoms with Gasteiger partial charge in [-0.25, -0.2) is 4.39 Å². The van der Waals surface area contributed by atoms with Crippen LogP contribution in [0.2, 0.25) is 0 Å². The molecule has 0 bridgehead atoms. The summed E-state index contributed by atoms with van der Waals surface area (Å²) in [4.78, 5) is 14.7. The van der Waals surface area contributed by atoms with Crippen LogP contribution < -0.4 is 0 Å². The maximum Gasteiger partial charge on any atom is 0.254 e. The van der Waals surface area contributed by atoms with Crippen molar-refractivity contribution >= 4 is 16.7 Å². The minimum Gasteiger partial charge on any atom is -0.339 e. The summed E-state index contributed by atoms with van der Waals surface area (Å²) in [5.74, 6) is -0.233. The lowest BCUT2D eigenvalue weighted by Gasteiger charge is -2.25. The summed E-state index contributed by atoms with van der Waals surface area (Å²) in [6, 6.07) is 10.2. The van der Waals surface area contributed by atoms with Crippen LogP contribution in [0.3, 0.4) is 0 Å². The number of carbonyl (C=O) groups excluding carboxylic acids is 1. The summed E-state index contributed by atoms with van der Waals surface area (Å²) in [6.07, 6.45) is 5.76. The fraction of sp³-hybridized carbons (Fsp3) is 0.389. The fourth-order valence-corrected chi connectivity index (χ4v) is 3.07. The van der Waals surface area contributed by atoms with E-state index in [9.17, 15) is 9.18 Å². The molecule has 1 fully saturated rings. The molecule has 0 N–H and O–H groups in total. The van der Waals surface area contributed by atoms with Crippen LogP contribution in [0.1, 0.15) is 42.5 Å². The van der Waals surface area contributed by atoms with Gasteiger partial charge in [0.15, 0.2) is 0 Å². The predicted octanol–water partition coefficient (Wildman–Crippen LogP) is 4.39. The SMILES string of the molecule is O=C(c1ccc(F)c2ccccc12)N1CCCCCCC1. The Labute approximate surface area is 124 Å². The highest BCUT2D eigenvalue weighted by molar-refractivity contribution is 6.07. The number of hydrogen-bond acceptors (Lipinski definition) is 1. The number of likely N-dealkylation sites (tertiary alicyclic amines) is 1. The molecule has 1 aliphatic rings. The van der Waals surface area contributed by atoms with E-state index in [1.54, 1.807) is 18.2 Å². The number of amides is 1. The van der Waals surface area contributed by atoms with Crippen molar-refractivity contribution in [2.24, 2.45) is 0 Å². The molecule has 0 atom stereocenters. The molecule has 3 rings (SSSR count). The molecule has 0 spiro atoms. The second-order valence-electron chi connectivity index (χ2n) is 5.70. The molecular weight excluding hydrogens is 265 g/mol. The van der Waals surface area contributed by atoms with Crippen molar-refractivity contribution in [3.8, 4) is 0 Å². The Balaban J connectivity index is 1.95. The summed E-state index contributed by atoms with van der Waals surface area (Å²) >= 11 is 0. The van der Waals surface area contributed by atoms with Crippen molar-refractivity contribution in [1.29, 1.82) is 0 Å². The van der Waals surface area contributed by atoms with E-state index in [4.69, 9.17) is 0 Å². The third-order valence-electron chi connectivity index (χ3n) is 4.24. The molecule has 1 amide bonds. The lowest BCUT2D eigenvalue weighted by Crippen LogP contribution is -2.33. The zero-order chi connectivity index (χ0) is 14.7. The van der Waals surface area contributed by atoms with E-state index in [1.165, 1.54) is 25.3 Å². The third-order valence-corrected chi connectivity index (χ3v) is 4.24. The number of halogens is 1. The van der Waals surface area contributed by atoms with Crippen molar-refractivity contribution in [2.45, 2.75) is 32.1 Å². The lowest BCUT2D eigenvalue weighted by atomic mass is 10.0. The van der Waals surface area contributed by atoms with Crippen LogP contribution in [-0.4, -0.2) is 23.9 Å². The van der Waals surface area contributed by atoms with Crippen LogP contribution in [0.15, 0.2) is 36.4 Å². The van der Waals surface area contributed by atoms with E-state index in [0.717, 1.165) is 25.9 Å². The quantitative estimate of drug-likeness (QED) is 0.761. The van der Waals surface area contributed by atoms with E-state index >= 15 is 0 Å². The Morgan fingerprint density at radius 1 is 0.857 bits per heavy atom. The van der Waals surface area contributed by atoms with Gasteiger partial charge < -0.3 is 4.90 Å². The average Bonchev–Trinajstić information content (AvgIpc) is 2.47. The molecule has 1 aliphatic heterocycles. The van der Waals surface area contributed by atoms with Gasteiger partial charge in [-0.2, -0.15) is 0 Å². The van der Waals surface area contributed by atoms with Gasteiger partial charge in [-0.15, -0.1) is 0 Å². The van der Waals surface area contributed by atoms with Crippen LogP contribution in [-0.2, 0) is 0 Å². The van der Waals surface area contributed by atoms with Crippen LogP contribution in [0.4, 0.5) is 4.39 Å². The van der Waals surface area contributed by atoms with Gasteiger partial charge >= 0.3 is 0 Å². The smallest absolute Gasteiger partial charge is 0.254 e. The Kier molecular flexibility index (Phi) is 4.18. The van der Waals surface area contributed by atoms with E-state index < -0.39 is 0 Å². The van der Waals surface area contributed by atoms with Crippen molar-refractivity contribution in [1.82, 2.24) is 4.90 Å². The zero-order valence-electron chi connectivity index (χ0n) is 12.1. The first kappa shape index (κ1) is 14.1. The summed E-state index contributed by atoms with van der Waals surface area (Å²) < 4.78 is 13.9. The minimum absolute atomic E-state index is 0.0353. The van der Waals surface area contributed by atoms with Crippen molar-refractivity contribution in [3.05, 3.63) is 47.8 Å². The van der Waals surface area contributed by atoms with E-state index in [1.807, 2.05) is 17.0 Å². The van der Waals surface area contributed by atoms with Gasteiger partial charge in [0.25, 0.3) is 5.91 Å². The number of rotatable bonds is 1. The molecule has 2 aromatic carbocycles. The number of benzene rings is 2. The number of nitrogens with zero attached hydrogens (tertiary/aromatic N) is 1. The summed E-state index contributed by atoms with van der Waals surface area (Å²) in [5, 5.41) is 1.24. The fourth-order valence-electron chi connectivity index (χ4n) is 3.07. The number of hydrogen-bond donors (Lipinski definition) is 0. The normalized spacial score (nSPS) is 16.5. The predicted molar refractivity (Wildman–Crippen MR) is 82.9 cm³/mol. The van der Waals surface area contributed by atoms with Crippen molar-refractivity contribution in [2.75, 3.05) is 13.1 Å². The maximum absolute atomic E-state index is 13.9. The molecule has 0 unspecified atom stereocenters. The maximum atomic E-state index is 13.9. The highest BCUT2D eigenvalue weighted by Crippen LogP contribution is 2.24. The van der Waals surface area contributed by atoms with E-state index in [0.29, 0.717) is 16.3 Å².